The molecule has 0 unspecified atom stereocenters. The van der Waals surface area contributed by atoms with Crippen molar-refractivity contribution in [2.24, 2.45) is 0 Å². The summed E-state index contributed by atoms with van der Waals surface area (Å²) in [5, 5.41) is 8.74. The number of likely N-dealkylation sites (tertiary alicyclic amines) is 1. The van der Waals surface area contributed by atoms with Crippen molar-refractivity contribution >= 4 is 7.82 Å². The van der Waals surface area contributed by atoms with Gasteiger partial charge in [-0.05, 0) is 19.4 Å². The van der Waals surface area contributed by atoms with Gasteiger partial charge in [-0.3, -0.25) is 9.42 Å². The lowest BCUT2D eigenvalue weighted by atomic mass is 10.2. The Morgan fingerprint density at radius 1 is 1.50 bits per heavy atom. The van der Waals surface area contributed by atoms with Crippen molar-refractivity contribution in [3.8, 4) is 0 Å². The van der Waals surface area contributed by atoms with E-state index in [4.69, 9.17) is 14.9 Å². The molecule has 3 N–H and O–H groups in total. The number of rotatable bonds is 5. The van der Waals surface area contributed by atoms with Gasteiger partial charge in [0.15, 0.2) is 0 Å². The molecule has 1 fully saturated rings. The van der Waals surface area contributed by atoms with Crippen LogP contribution in [0, 0.1) is 0 Å². The SMILES string of the molecule is O=P(O)(O)OC[C@@H]1CCCN1CCO. The van der Waals surface area contributed by atoms with E-state index in [0.29, 0.717) is 6.54 Å². The van der Waals surface area contributed by atoms with Crippen LogP contribution in [0.25, 0.3) is 0 Å². The molecule has 6 nitrogen and oxygen atoms in total. The first-order chi connectivity index (χ1) is 6.53. The van der Waals surface area contributed by atoms with E-state index in [0.717, 1.165) is 19.4 Å². The van der Waals surface area contributed by atoms with Crippen LogP contribution in [0.1, 0.15) is 12.8 Å². The Bertz CT molecular complexity index is 218. The third-order valence-corrected chi connectivity index (χ3v) is 2.81. The van der Waals surface area contributed by atoms with Gasteiger partial charge in [0.05, 0.1) is 13.2 Å². The molecule has 0 aliphatic carbocycles. The normalized spacial score (nSPS) is 24.4. The minimum absolute atomic E-state index is 0.0229. The van der Waals surface area contributed by atoms with Gasteiger partial charge in [-0.15, -0.1) is 0 Å². The lowest BCUT2D eigenvalue weighted by Gasteiger charge is -2.23. The highest BCUT2D eigenvalue weighted by Crippen LogP contribution is 2.36. The van der Waals surface area contributed by atoms with Crippen molar-refractivity contribution in [3.63, 3.8) is 0 Å². The zero-order valence-electron chi connectivity index (χ0n) is 7.87. The van der Waals surface area contributed by atoms with E-state index in [1.54, 1.807) is 0 Å². The van der Waals surface area contributed by atoms with Crippen molar-refractivity contribution in [2.75, 3.05) is 26.3 Å². The van der Waals surface area contributed by atoms with Gasteiger partial charge in [0.2, 0.25) is 0 Å². The molecule has 7 heteroatoms. The van der Waals surface area contributed by atoms with Crippen LogP contribution in [0.4, 0.5) is 0 Å². The zero-order chi connectivity index (χ0) is 10.6. The van der Waals surface area contributed by atoms with Crippen LogP contribution in [0.2, 0.25) is 0 Å². The largest absolute Gasteiger partial charge is 0.469 e. The Kier molecular flexibility index (Phi) is 4.50. The maximum atomic E-state index is 10.5. The fraction of sp³-hybridized carbons (Fsp3) is 1.00. The summed E-state index contributed by atoms with van der Waals surface area (Å²) in [6.07, 6.45) is 1.84. The fourth-order valence-corrected chi connectivity index (χ4v) is 2.06. The van der Waals surface area contributed by atoms with Crippen LogP contribution in [0.3, 0.4) is 0 Å². The van der Waals surface area contributed by atoms with Gasteiger partial charge >= 0.3 is 7.82 Å². The van der Waals surface area contributed by atoms with E-state index in [1.807, 2.05) is 4.90 Å². The van der Waals surface area contributed by atoms with Gasteiger partial charge in [-0.1, -0.05) is 0 Å². The second-order valence-corrected chi connectivity index (χ2v) is 4.58. The predicted octanol–water partition coefficient (Wildman–Crippen LogP) is -0.448. The van der Waals surface area contributed by atoms with E-state index in [-0.39, 0.29) is 19.3 Å². The smallest absolute Gasteiger partial charge is 0.395 e. The molecule has 1 aliphatic heterocycles. The van der Waals surface area contributed by atoms with E-state index in [9.17, 15) is 4.57 Å². The Hall–Kier alpha value is 0.0300. The third kappa shape index (κ3) is 4.04. The van der Waals surface area contributed by atoms with Gasteiger partial charge in [0.1, 0.15) is 0 Å². The number of hydrogen-bond donors (Lipinski definition) is 3. The summed E-state index contributed by atoms with van der Waals surface area (Å²) in [7, 11) is -4.35. The van der Waals surface area contributed by atoms with Crippen molar-refractivity contribution in [2.45, 2.75) is 18.9 Å². The second-order valence-electron chi connectivity index (χ2n) is 3.34. The maximum absolute atomic E-state index is 10.5. The molecular weight excluding hydrogens is 209 g/mol. The minimum Gasteiger partial charge on any atom is -0.395 e. The van der Waals surface area contributed by atoms with E-state index in [2.05, 4.69) is 4.52 Å². The highest BCUT2D eigenvalue weighted by molar-refractivity contribution is 7.46. The molecule has 0 radical (unpaired) electrons. The van der Waals surface area contributed by atoms with E-state index < -0.39 is 7.82 Å². The summed E-state index contributed by atoms with van der Waals surface area (Å²) in [5.74, 6) is 0. The van der Waals surface area contributed by atoms with Crippen LogP contribution in [-0.2, 0) is 9.09 Å². The van der Waals surface area contributed by atoms with Gasteiger partial charge in [-0.25, -0.2) is 4.57 Å². The van der Waals surface area contributed by atoms with E-state index >= 15 is 0 Å². The molecular formula is C7H16NO5P. The average molecular weight is 225 g/mol. The Labute approximate surface area is 82.7 Å². The van der Waals surface area contributed by atoms with Crippen molar-refractivity contribution in [1.29, 1.82) is 0 Å². The molecule has 14 heavy (non-hydrogen) atoms. The summed E-state index contributed by atoms with van der Waals surface area (Å²) >= 11 is 0. The molecule has 1 aliphatic rings. The topological polar surface area (TPSA) is 90.2 Å². The lowest BCUT2D eigenvalue weighted by molar-refractivity contribution is 0.120. The predicted molar refractivity (Wildman–Crippen MR) is 49.7 cm³/mol. The first kappa shape index (κ1) is 12.1. The number of phosphoric ester groups is 1. The van der Waals surface area contributed by atoms with Crippen LogP contribution in [0.15, 0.2) is 0 Å². The van der Waals surface area contributed by atoms with Crippen LogP contribution >= 0.6 is 7.82 Å². The summed E-state index contributed by atoms with van der Waals surface area (Å²) in [5.41, 5.74) is 0. The molecule has 1 rings (SSSR count). The third-order valence-electron chi connectivity index (χ3n) is 2.32. The standard InChI is InChI=1S/C7H16NO5P/c9-5-4-8-3-1-2-7(8)6-13-14(10,11)12/h7,9H,1-6H2,(H2,10,11,12)/t7-/m0/s1. The number of phosphoric acid groups is 1. The molecule has 0 aromatic carbocycles. The van der Waals surface area contributed by atoms with Gasteiger partial charge in [0, 0.05) is 12.6 Å². The number of β-amino-alcohol motifs (C(OH)–C–C–N with tert-alkyl or cyclic N) is 1. The molecule has 1 heterocycles. The Balaban J connectivity index is 2.32. The van der Waals surface area contributed by atoms with Gasteiger partial charge < -0.3 is 14.9 Å². The lowest BCUT2D eigenvalue weighted by Crippen LogP contribution is -2.34. The van der Waals surface area contributed by atoms with Crippen LogP contribution in [-0.4, -0.2) is 52.1 Å². The molecule has 0 amide bonds. The molecule has 0 saturated carbocycles. The van der Waals surface area contributed by atoms with Gasteiger partial charge in [0.25, 0.3) is 0 Å². The first-order valence-electron chi connectivity index (χ1n) is 4.58. The molecule has 84 valence electrons. The number of nitrogens with zero attached hydrogens (tertiary/aromatic N) is 1. The van der Waals surface area contributed by atoms with Gasteiger partial charge in [-0.2, -0.15) is 0 Å². The zero-order valence-corrected chi connectivity index (χ0v) is 8.77. The molecule has 0 aromatic heterocycles. The fourth-order valence-electron chi connectivity index (χ4n) is 1.69. The molecule has 0 aromatic rings. The molecule has 1 saturated heterocycles. The van der Waals surface area contributed by atoms with Crippen molar-refractivity contribution in [3.05, 3.63) is 0 Å². The number of aliphatic hydroxyl groups excluding tert-OH is 1. The summed E-state index contributed by atoms with van der Waals surface area (Å²) in [4.78, 5) is 19.0. The summed E-state index contributed by atoms with van der Waals surface area (Å²) in [6.45, 7) is 1.49. The maximum Gasteiger partial charge on any atom is 0.469 e. The highest BCUT2D eigenvalue weighted by Gasteiger charge is 2.26. The Morgan fingerprint density at radius 3 is 2.79 bits per heavy atom. The van der Waals surface area contributed by atoms with E-state index in [1.165, 1.54) is 0 Å². The number of aliphatic hydroxyl groups is 1. The first-order valence-corrected chi connectivity index (χ1v) is 6.11. The molecule has 0 bridgehead atoms. The second kappa shape index (κ2) is 5.21. The highest BCUT2D eigenvalue weighted by atomic mass is 31.2. The van der Waals surface area contributed by atoms with Crippen LogP contribution in [0.5, 0.6) is 0 Å². The summed E-state index contributed by atoms with van der Waals surface area (Å²) in [6, 6.07) is 0.0229. The monoisotopic (exact) mass is 225 g/mol. The average Bonchev–Trinajstić information content (AvgIpc) is 2.48. The molecule has 0 spiro atoms. The minimum atomic E-state index is -4.35. The summed E-state index contributed by atoms with van der Waals surface area (Å²) < 4.78 is 14.9. The van der Waals surface area contributed by atoms with Crippen molar-refractivity contribution < 1.29 is 24.0 Å². The Morgan fingerprint density at radius 2 is 2.21 bits per heavy atom. The van der Waals surface area contributed by atoms with Crippen molar-refractivity contribution in [1.82, 2.24) is 4.90 Å². The molecule has 1 atom stereocenters. The number of hydrogen-bond acceptors (Lipinski definition) is 4. The van der Waals surface area contributed by atoms with Crippen LogP contribution < -0.4 is 0 Å². The quantitative estimate of drug-likeness (QED) is 0.549.